The van der Waals surface area contributed by atoms with Crippen LogP contribution in [0, 0.1) is 5.82 Å². The molecule has 0 aliphatic heterocycles. The predicted molar refractivity (Wildman–Crippen MR) is 114 cm³/mol. The van der Waals surface area contributed by atoms with Crippen LogP contribution in [0.5, 0.6) is 0 Å². The summed E-state index contributed by atoms with van der Waals surface area (Å²) in [4.78, 5) is 12.3. The molecule has 148 valence electrons. The molecule has 4 aromatic rings. The number of rotatable bonds is 4. The molecule has 5 nitrogen and oxygen atoms in total. The van der Waals surface area contributed by atoms with Gasteiger partial charge in [0.15, 0.2) is 10.5 Å². The molecule has 2 aromatic carbocycles. The lowest BCUT2D eigenvalue weighted by atomic mass is 10.0. The van der Waals surface area contributed by atoms with Gasteiger partial charge < -0.3 is 9.54 Å². The minimum absolute atomic E-state index is 0.317. The summed E-state index contributed by atoms with van der Waals surface area (Å²) in [5.41, 5.74) is 3.24. The van der Waals surface area contributed by atoms with Crippen LogP contribution in [0.15, 0.2) is 65.8 Å². The second-order valence-corrected chi connectivity index (χ2v) is 8.96. The molecule has 2 heterocycles. The molecule has 1 atom stereocenters. The Morgan fingerprint density at radius 2 is 1.86 bits per heavy atom. The number of benzene rings is 2. The average Bonchev–Trinajstić information content (AvgIpc) is 3.14. The zero-order chi connectivity index (χ0) is 20.6. The van der Waals surface area contributed by atoms with Gasteiger partial charge in [-0.25, -0.2) is 14.4 Å². The van der Waals surface area contributed by atoms with E-state index in [2.05, 4.69) is 19.7 Å². The van der Waals surface area contributed by atoms with Gasteiger partial charge >= 0.3 is 0 Å². The van der Waals surface area contributed by atoms with Crippen LogP contribution in [0.25, 0.3) is 33.5 Å². The van der Waals surface area contributed by atoms with Gasteiger partial charge in [0.1, 0.15) is 11.3 Å². The molecule has 4 rings (SSSR count). The highest BCUT2D eigenvalue weighted by molar-refractivity contribution is 7.89. The van der Waals surface area contributed by atoms with Crippen molar-refractivity contribution in [2.24, 2.45) is 0 Å². The van der Waals surface area contributed by atoms with Gasteiger partial charge in [-0.05, 0) is 56.7 Å². The van der Waals surface area contributed by atoms with Crippen molar-refractivity contribution in [3.8, 4) is 22.4 Å². The van der Waals surface area contributed by atoms with E-state index in [9.17, 15) is 8.94 Å². The maximum atomic E-state index is 15.0. The van der Waals surface area contributed by atoms with Gasteiger partial charge in [0, 0.05) is 17.3 Å². The molecule has 0 amide bonds. The molecule has 0 aliphatic rings. The average molecular weight is 409 g/mol. The Kier molecular flexibility index (Phi) is 5.12. The summed E-state index contributed by atoms with van der Waals surface area (Å²) < 4.78 is 30.9. The van der Waals surface area contributed by atoms with Crippen LogP contribution in [-0.4, -0.2) is 25.0 Å². The quantitative estimate of drug-likeness (QED) is 0.474. The van der Waals surface area contributed by atoms with E-state index in [1.54, 1.807) is 30.6 Å². The second kappa shape index (κ2) is 7.59. The maximum absolute atomic E-state index is 15.0. The van der Waals surface area contributed by atoms with Gasteiger partial charge in [-0.1, -0.05) is 18.2 Å². The first kappa shape index (κ1) is 19.6. The van der Waals surface area contributed by atoms with Crippen molar-refractivity contribution in [2.75, 3.05) is 0 Å². The predicted octanol–water partition coefficient (Wildman–Crippen LogP) is 4.84. The fraction of sp³-hybridized carbons (Fsp3) is 0.182. The smallest absolute Gasteiger partial charge is 0.181 e. The Labute approximate surface area is 171 Å². The molecule has 2 N–H and O–H groups in total. The van der Waals surface area contributed by atoms with E-state index < -0.39 is 17.2 Å². The van der Waals surface area contributed by atoms with Gasteiger partial charge in [-0.3, -0.25) is 0 Å². The van der Waals surface area contributed by atoms with Gasteiger partial charge in [-0.15, -0.1) is 4.72 Å². The zero-order valence-electron chi connectivity index (χ0n) is 16.4. The van der Waals surface area contributed by atoms with Crippen molar-refractivity contribution in [3.63, 3.8) is 0 Å². The largest absolute Gasteiger partial charge is 0.593 e. The highest BCUT2D eigenvalue weighted by atomic mass is 32.2. The normalized spacial score (nSPS) is 13.0. The molecular formula is C22H21FN4OS. The van der Waals surface area contributed by atoms with E-state index in [-0.39, 0.29) is 5.54 Å². The van der Waals surface area contributed by atoms with E-state index >= 15 is 0 Å². The number of aromatic nitrogens is 3. The van der Waals surface area contributed by atoms with Crippen LogP contribution in [0.3, 0.4) is 0 Å². The molecule has 1 unspecified atom stereocenters. The Balaban J connectivity index is 1.71. The van der Waals surface area contributed by atoms with Crippen molar-refractivity contribution in [1.82, 2.24) is 19.7 Å². The number of nitrogens with one attached hydrogen (secondary N) is 2. The third kappa shape index (κ3) is 4.17. The third-order valence-corrected chi connectivity index (χ3v) is 5.86. The Morgan fingerprint density at radius 1 is 1.07 bits per heavy atom. The highest BCUT2D eigenvalue weighted by Crippen LogP contribution is 2.31. The van der Waals surface area contributed by atoms with Gasteiger partial charge in [0.2, 0.25) is 0 Å². The molecule has 29 heavy (non-hydrogen) atoms. The molecule has 0 bridgehead atoms. The number of aromatic amines is 1. The molecule has 0 spiro atoms. The third-order valence-electron chi connectivity index (χ3n) is 4.30. The Hall–Kier alpha value is -2.74. The number of fused-ring (bicyclic) bond motifs is 1. The number of H-pyrrole nitrogens is 1. The Bertz CT molecular complexity index is 1170. The van der Waals surface area contributed by atoms with Gasteiger partial charge in [0.25, 0.3) is 0 Å². The first-order chi connectivity index (χ1) is 13.8. The topological polar surface area (TPSA) is 76.7 Å². The number of halogens is 1. The number of hydrogen-bond acceptors (Lipinski definition) is 4. The van der Waals surface area contributed by atoms with Crippen molar-refractivity contribution in [2.45, 2.75) is 31.2 Å². The molecule has 0 aliphatic carbocycles. The minimum Gasteiger partial charge on any atom is -0.593 e. The summed E-state index contributed by atoms with van der Waals surface area (Å²) in [5.74, 6) is -0.406. The lowest BCUT2D eigenvalue weighted by Crippen LogP contribution is -2.40. The standard InChI is InChI=1S/C22H21FN4OS/c1-22(2,3)27-29(28)20-7-5-4-6-15(20)14-8-9-16(17(23)12-14)19-13-25-21-18(26-19)10-11-24-21/h4-13,27H,1-3H3,(H,24,25). The number of nitrogens with zero attached hydrogens (tertiary/aromatic N) is 2. The number of hydrogen-bond donors (Lipinski definition) is 2. The zero-order valence-corrected chi connectivity index (χ0v) is 17.2. The summed E-state index contributed by atoms with van der Waals surface area (Å²) in [6.07, 6.45) is 3.30. The first-order valence-electron chi connectivity index (χ1n) is 9.21. The summed E-state index contributed by atoms with van der Waals surface area (Å²) in [6.45, 7) is 5.85. The van der Waals surface area contributed by atoms with Crippen molar-refractivity contribution in [3.05, 3.63) is 66.7 Å². The van der Waals surface area contributed by atoms with E-state index in [1.807, 2.05) is 45.0 Å². The molecule has 0 fully saturated rings. The summed E-state index contributed by atoms with van der Waals surface area (Å²) in [5, 5.41) is 0. The Morgan fingerprint density at radius 3 is 2.62 bits per heavy atom. The molecule has 0 saturated carbocycles. The summed E-state index contributed by atoms with van der Waals surface area (Å²) >= 11 is -1.42. The summed E-state index contributed by atoms with van der Waals surface area (Å²) in [6, 6.07) is 14.1. The minimum atomic E-state index is -1.42. The van der Waals surface area contributed by atoms with Crippen LogP contribution < -0.4 is 4.72 Å². The van der Waals surface area contributed by atoms with Crippen molar-refractivity contribution < 1.29 is 8.94 Å². The van der Waals surface area contributed by atoms with Crippen LogP contribution in [0.2, 0.25) is 0 Å². The molecule has 0 radical (unpaired) electrons. The highest BCUT2D eigenvalue weighted by Gasteiger charge is 2.24. The first-order valence-corrected chi connectivity index (χ1v) is 10.4. The van der Waals surface area contributed by atoms with Crippen molar-refractivity contribution in [1.29, 1.82) is 0 Å². The fourth-order valence-corrected chi connectivity index (χ4v) is 4.30. The lowest BCUT2D eigenvalue weighted by molar-refractivity contribution is 0.491. The monoisotopic (exact) mass is 408 g/mol. The van der Waals surface area contributed by atoms with Crippen LogP contribution in [0.4, 0.5) is 4.39 Å². The van der Waals surface area contributed by atoms with E-state index in [0.717, 1.165) is 5.56 Å². The van der Waals surface area contributed by atoms with Crippen LogP contribution in [0.1, 0.15) is 20.8 Å². The second-order valence-electron chi connectivity index (χ2n) is 7.78. The van der Waals surface area contributed by atoms with E-state index in [4.69, 9.17) is 0 Å². The van der Waals surface area contributed by atoms with Crippen LogP contribution in [-0.2, 0) is 11.4 Å². The maximum Gasteiger partial charge on any atom is 0.181 e. The van der Waals surface area contributed by atoms with E-state index in [0.29, 0.717) is 32.9 Å². The molecule has 7 heteroatoms. The van der Waals surface area contributed by atoms with Gasteiger partial charge in [0.05, 0.1) is 28.8 Å². The van der Waals surface area contributed by atoms with E-state index in [1.165, 1.54) is 6.07 Å². The summed E-state index contributed by atoms with van der Waals surface area (Å²) in [7, 11) is 0. The van der Waals surface area contributed by atoms with Crippen LogP contribution >= 0.6 is 0 Å². The van der Waals surface area contributed by atoms with Gasteiger partial charge in [-0.2, -0.15) is 0 Å². The molecule has 2 aromatic heterocycles. The molecule has 0 saturated heterocycles. The SMILES string of the molecule is CC(C)(C)N[S+]([O-])c1ccccc1-c1ccc(-c2cnc3[nH]ccc3n2)c(F)c1. The van der Waals surface area contributed by atoms with Crippen molar-refractivity contribution >= 4 is 22.5 Å². The fourth-order valence-electron chi connectivity index (χ4n) is 3.05. The lowest BCUT2D eigenvalue weighted by Gasteiger charge is -2.23. The molecular weight excluding hydrogens is 387 g/mol.